The van der Waals surface area contributed by atoms with Gasteiger partial charge in [0.2, 0.25) is 10.0 Å². The molecule has 0 aliphatic heterocycles. The summed E-state index contributed by atoms with van der Waals surface area (Å²) in [6.45, 7) is 10.7. The van der Waals surface area contributed by atoms with E-state index >= 15 is 0 Å². The summed E-state index contributed by atoms with van der Waals surface area (Å²) < 4.78 is 27.2. The molecular formula is C24H29NO2S. The van der Waals surface area contributed by atoms with Gasteiger partial charge in [0.1, 0.15) is 0 Å². The van der Waals surface area contributed by atoms with E-state index < -0.39 is 10.0 Å². The van der Waals surface area contributed by atoms with Crippen molar-refractivity contribution in [2.24, 2.45) is 5.41 Å². The number of nitrogens with one attached hydrogen (secondary N) is 1. The topological polar surface area (TPSA) is 46.2 Å². The van der Waals surface area contributed by atoms with Crippen molar-refractivity contribution in [1.29, 1.82) is 0 Å². The molecule has 0 heterocycles. The summed E-state index contributed by atoms with van der Waals surface area (Å²) in [5.74, 6) is 6.54. The molecule has 0 aliphatic rings. The highest BCUT2D eigenvalue weighted by Crippen LogP contribution is 2.26. The van der Waals surface area contributed by atoms with Crippen LogP contribution in [0.4, 0.5) is 0 Å². The normalized spacial score (nSPS) is 11.5. The molecule has 3 nitrogen and oxygen atoms in total. The number of sulfonamides is 1. The van der Waals surface area contributed by atoms with Crippen molar-refractivity contribution in [3.8, 4) is 11.8 Å². The third-order valence-corrected chi connectivity index (χ3v) is 5.82. The molecule has 2 rings (SSSR count). The maximum atomic E-state index is 12.3. The van der Waals surface area contributed by atoms with Crippen LogP contribution in [0.15, 0.2) is 71.6 Å². The Bertz CT molecular complexity index is 947. The second-order valence-corrected chi connectivity index (χ2v) is 9.51. The number of aryl methyl sites for hydroxylation is 1. The number of allylic oxidation sites excluding steroid dienone is 1. The van der Waals surface area contributed by atoms with E-state index in [9.17, 15) is 8.42 Å². The molecule has 148 valence electrons. The number of benzene rings is 2. The summed E-state index contributed by atoms with van der Waals surface area (Å²) in [6.07, 6.45) is 2.27. The largest absolute Gasteiger partial charge is 0.240 e. The summed E-state index contributed by atoms with van der Waals surface area (Å²) in [4.78, 5) is 0.300. The van der Waals surface area contributed by atoms with Gasteiger partial charge in [-0.1, -0.05) is 59.9 Å². The molecule has 0 amide bonds. The lowest BCUT2D eigenvalue weighted by Gasteiger charge is -2.19. The Balaban J connectivity index is 1.79. The van der Waals surface area contributed by atoms with Gasteiger partial charge in [0, 0.05) is 17.5 Å². The van der Waals surface area contributed by atoms with Gasteiger partial charge < -0.3 is 0 Å². The molecule has 4 heteroatoms. The fourth-order valence-corrected chi connectivity index (χ4v) is 3.94. The Morgan fingerprint density at radius 1 is 1.07 bits per heavy atom. The van der Waals surface area contributed by atoms with E-state index in [1.54, 1.807) is 24.3 Å². The molecule has 28 heavy (non-hydrogen) atoms. The molecule has 0 saturated carbocycles. The zero-order valence-corrected chi connectivity index (χ0v) is 17.8. The molecule has 0 aromatic heterocycles. The minimum absolute atomic E-state index is 0.172. The van der Waals surface area contributed by atoms with E-state index in [2.05, 4.69) is 37.0 Å². The molecule has 0 aliphatic carbocycles. The van der Waals surface area contributed by atoms with Gasteiger partial charge in [-0.25, -0.2) is 13.1 Å². The van der Waals surface area contributed by atoms with Crippen LogP contribution in [0.3, 0.4) is 0 Å². The Kier molecular flexibility index (Phi) is 7.62. The van der Waals surface area contributed by atoms with Crippen LogP contribution in [0.2, 0.25) is 0 Å². The van der Waals surface area contributed by atoms with Crippen LogP contribution in [-0.4, -0.2) is 15.0 Å². The fourth-order valence-electron chi connectivity index (χ4n) is 2.87. The Morgan fingerprint density at radius 2 is 1.71 bits per heavy atom. The summed E-state index contributed by atoms with van der Waals surface area (Å²) in [7, 11) is -3.45. The molecule has 0 saturated heterocycles. The highest BCUT2D eigenvalue weighted by molar-refractivity contribution is 7.89. The standard InChI is InChI=1S/C24H29NO2S/c1-20-12-14-23(15-13-20)28(26,27)25-18-8-9-21(2)19-24(3,4)17-16-22-10-6-5-7-11-22/h5-7,10-15,25H,2,8-9,18-19H2,1,3-4H3. The predicted octanol–water partition coefficient (Wildman–Crippen LogP) is 5.08. The molecule has 0 atom stereocenters. The summed E-state index contributed by atoms with van der Waals surface area (Å²) >= 11 is 0. The summed E-state index contributed by atoms with van der Waals surface area (Å²) in [5, 5.41) is 0. The van der Waals surface area contributed by atoms with Gasteiger partial charge in [0.25, 0.3) is 0 Å². The van der Waals surface area contributed by atoms with Crippen molar-refractivity contribution in [2.45, 2.75) is 44.9 Å². The van der Waals surface area contributed by atoms with Crippen LogP contribution in [0.1, 0.15) is 44.2 Å². The van der Waals surface area contributed by atoms with Crippen molar-refractivity contribution < 1.29 is 8.42 Å². The molecular weight excluding hydrogens is 366 g/mol. The van der Waals surface area contributed by atoms with E-state index in [1.807, 2.05) is 37.3 Å². The van der Waals surface area contributed by atoms with E-state index in [-0.39, 0.29) is 5.41 Å². The average Bonchev–Trinajstić information content (AvgIpc) is 2.65. The summed E-state index contributed by atoms with van der Waals surface area (Å²) in [5.41, 5.74) is 2.95. The number of hydrogen-bond donors (Lipinski definition) is 1. The van der Waals surface area contributed by atoms with Crippen LogP contribution in [0, 0.1) is 24.2 Å². The lowest BCUT2D eigenvalue weighted by molar-refractivity contribution is 0.488. The lowest BCUT2D eigenvalue weighted by atomic mass is 9.85. The first-order chi connectivity index (χ1) is 13.2. The first-order valence-electron chi connectivity index (χ1n) is 9.49. The third kappa shape index (κ3) is 7.34. The molecule has 0 fully saturated rings. The quantitative estimate of drug-likeness (QED) is 0.385. The van der Waals surface area contributed by atoms with E-state index in [0.29, 0.717) is 17.9 Å². The van der Waals surface area contributed by atoms with Gasteiger partial charge in [-0.2, -0.15) is 0 Å². The minimum Gasteiger partial charge on any atom is -0.211 e. The predicted molar refractivity (Wildman–Crippen MR) is 116 cm³/mol. The zero-order valence-electron chi connectivity index (χ0n) is 17.0. The SMILES string of the molecule is C=C(CCCNS(=O)(=O)c1ccc(C)cc1)CC(C)(C)C#Cc1ccccc1. The Morgan fingerprint density at radius 3 is 2.36 bits per heavy atom. The van der Waals surface area contributed by atoms with Gasteiger partial charge in [0.05, 0.1) is 4.90 Å². The van der Waals surface area contributed by atoms with Gasteiger partial charge in [-0.05, 0) is 64.3 Å². The molecule has 2 aromatic rings. The Hall–Kier alpha value is -2.35. The van der Waals surface area contributed by atoms with Crippen molar-refractivity contribution >= 4 is 10.0 Å². The van der Waals surface area contributed by atoms with Crippen LogP contribution < -0.4 is 4.72 Å². The number of rotatable bonds is 8. The molecule has 1 N–H and O–H groups in total. The molecule has 0 radical (unpaired) electrons. The maximum Gasteiger partial charge on any atom is 0.240 e. The first kappa shape index (κ1) is 21.9. The molecule has 2 aromatic carbocycles. The van der Waals surface area contributed by atoms with Crippen molar-refractivity contribution in [1.82, 2.24) is 4.72 Å². The van der Waals surface area contributed by atoms with Crippen LogP contribution in [-0.2, 0) is 10.0 Å². The highest BCUT2D eigenvalue weighted by Gasteiger charge is 2.16. The van der Waals surface area contributed by atoms with Crippen LogP contribution in [0.25, 0.3) is 0 Å². The Labute approximate surface area is 169 Å². The van der Waals surface area contributed by atoms with Gasteiger partial charge in [-0.15, -0.1) is 0 Å². The molecule has 0 unspecified atom stereocenters. The second-order valence-electron chi connectivity index (χ2n) is 7.74. The average molecular weight is 396 g/mol. The van der Waals surface area contributed by atoms with Crippen LogP contribution in [0.5, 0.6) is 0 Å². The monoisotopic (exact) mass is 395 g/mol. The first-order valence-corrected chi connectivity index (χ1v) is 11.0. The zero-order chi connectivity index (χ0) is 20.6. The molecule has 0 bridgehead atoms. The fraction of sp³-hybridized carbons (Fsp3) is 0.333. The molecule has 0 spiro atoms. The van der Waals surface area contributed by atoms with E-state index in [0.717, 1.165) is 29.5 Å². The maximum absolute atomic E-state index is 12.3. The lowest BCUT2D eigenvalue weighted by Crippen LogP contribution is -2.25. The van der Waals surface area contributed by atoms with Crippen molar-refractivity contribution in [2.75, 3.05) is 6.54 Å². The van der Waals surface area contributed by atoms with Gasteiger partial charge in [-0.3, -0.25) is 0 Å². The number of hydrogen-bond acceptors (Lipinski definition) is 2. The highest BCUT2D eigenvalue weighted by atomic mass is 32.2. The van der Waals surface area contributed by atoms with Crippen molar-refractivity contribution in [3.63, 3.8) is 0 Å². The van der Waals surface area contributed by atoms with Crippen LogP contribution >= 0.6 is 0 Å². The van der Waals surface area contributed by atoms with E-state index in [4.69, 9.17) is 0 Å². The van der Waals surface area contributed by atoms with E-state index in [1.165, 1.54) is 0 Å². The minimum atomic E-state index is -3.45. The second kappa shape index (κ2) is 9.73. The third-order valence-electron chi connectivity index (χ3n) is 4.34. The van der Waals surface area contributed by atoms with Gasteiger partial charge >= 0.3 is 0 Å². The summed E-state index contributed by atoms with van der Waals surface area (Å²) in [6, 6.07) is 16.8. The van der Waals surface area contributed by atoms with Gasteiger partial charge in [0.15, 0.2) is 0 Å². The van der Waals surface area contributed by atoms with Crippen molar-refractivity contribution in [3.05, 3.63) is 77.9 Å². The smallest absolute Gasteiger partial charge is 0.211 e.